The largest absolute Gasteiger partial charge is 0.497 e. The molecule has 1 fully saturated rings. The first-order chi connectivity index (χ1) is 17.5. The molecule has 2 aliphatic rings. The van der Waals surface area contributed by atoms with Crippen LogP contribution in [-0.4, -0.2) is 79.3 Å². The van der Waals surface area contributed by atoms with Crippen molar-refractivity contribution in [3.8, 4) is 11.4 Å². The molecular formula is C24H30F3N5O4S. The lowest BCUT2D eigenvalue weighted by Crippen LogP contribution is -2.39. The number of methoxy groups -OCH3 is 1. The topological polar surface area (TPSA) is 97.1 Å². The summed E-state index contributed by atoms with van der Waals surface area (Å²) in [5.74, 6) is 0.547. The summed E-state index contributed by atoms with van der Waals surface area (Å²) in [6.45, 7) is 2.01. The molecule has 0 atom stereocenters. The van der Waals surface area contributed by atoms with E-state index in [-0.39, 0.29) is 24.2 Å². The third kappa shape index (κ3) is 6.25. The summed E-state index contributed by atoms with van der Waals surface area (Å²) in [5, 5.41) is 3.80. The average Bonchev–Trinajstić information content (AvgIpc) is 3.50. The first kappa shape index (κ1) is 27.0. The average molecular weight is 542 g/mol. The van der Waals surface area contributed by atoms with Gasteiger partial charge in [-0.25, -0.2) is 13.1 Å². The predicted octanol–water partition coefficient (Wildman–Crippen LogP) is 3.52. The van der Waals surface area contributed by atoms with Gasteiger partial charge < -0.3 is 14.5 Å². The quantitative estimate of drug-likeness (QED) is 0.288. The van der Waals surface area contributed by atoms with Crippen molar-refractivity contribution < 1.29 is 31.1 Å². The van der Waals surface area contributed by atoms with Crippen LogP contribution < -0.4 is 4.74 Å². The molecule has 1 saturated heterocycles. The Kier molecular flexibility index (Phi) is 7.81. The fraction of sp³-hybridized carbons (Fsp3) is 0.542. The minimum Gasteiger partial charge on any atom is -0.497 e. The molecule has 9 nitrogen and oxygen atoms in total. The van der Waals surface area contributed by atoms with Crippen LogP contribution in [0.15, 0.2) is 28.7 Å². The number of halogens is 3. The van der Waals surface area contributed by atoms with Gasteiger partial charge in [0.15, 0.2) is 5.69 Å². The van der Waals surface area contributed by atoms with Crippen molar-refractivity contribution in [3.63, 3.8) is 0 Å². The third-order valence-electron chi connectivity index (χ3n) is 6.51. The van der Waals surface area contributed by atoms with Gasteiger partial charge in [0.1, 0.15) is 17.3 Å². The number of carbonyl (C=O) groups excluding carboxylic acids is 1. The summed E-state index contributed by atoms with van der Waals surface area (Å²) in [6.07, 6.45) is -0.0235. The summed E-state index contributed by atoms with van der Waals surface area (Å²) in [6, 6.07) is 6.30. The number of amides is 1. The zero-order valence-electron chi connectivity index (χ0n) is 20.8. The highest BCUT2D eigenvalue weighted by molar-refractivity contribution is 7.89. The lowest BCUT2D eigenvalue weighted by atomic mass is 10.0. The molecule has 1 aromatic carbocycles. The fourth-order valence-electron chi connectivity index (χ4n) is 4.77. The van der Waals surface area contributed by atoms with Gasteiger partial charge in [0.2, 0.25) is 0 Å². The van der Waals surface area contributed by atoms with Gasteiger partial charge in [-0.3, -0.25) is 4.79 Å². The second-order valence-electron chi connectivity index (χ2n) is 9.22. The SMILES string of the molecule is COc1ccc(-n2nc(C(F)(F)F)c3c2C(=O)N(CCCC/C(=N/S(C)(=O)=O)N2CCCC2)CC3)cc1. The van der Waals surface area contributed by atoms with E-state index in [4.69, 9.17) is 4.74 Å². The zero-order valence-corrected chi connectivity index (χ0v) is 21.6. The number of alkyl halides is 3. The highest BCUT2D eigenvalue weighted by Gasteiger charge is 2.43. The van der Waals surface area contributed by atoms with Crippen LogP contribution in [0.25, 0.3) is 5.69 Å². The van der Waals surface area contributed by atoms with E-state index in [1.165, 1.54) is 12.0 Å². The number of sulfonamides is 1. The van der Waals surface area contributed by atoms with Gasteiger partial charge in [0, 0.05) is 38.2 Å². The summed E-state index contributed by atoms with van der Waals surface area (Å²) < 4.78 is 74.8. The molecule has 1 amide bonds. The Bertz CT molecular complexity index is 1270. The molecule has 0 spiro atoms. The summed E-state index contributed by atoms with van der Waals surface area (Å²) in [5.41, 5.74) is -0.894. The molecule has 0 saturated carbocycles. The molecule has 0 aliphatic carbocycles. The first-order valence-corrected chi connectivity index (χ1v) is 14.0. The van der Waals surface area contributed by atoms with E-state index in [1.807, 2.05) is 4.90 Å². The Hall–Kier alpha value is -3.09. The van der Waals surface area contributed by atoms with Gasteiger partial charge in [0.25, 0.3) is 15.9 Å². The number of fused-ring (bicyclic) bond motifs is 1. The molecule has 4 rings (SSSR count). The predicted molar refractivity (Wildman–Crippen MR) is 132 cm³/mol. The number of amidine groups is 1. The number of hydrogen-bond donors (Lipinski definition) is 0. The number of benzene rings is 1. The van der Waals surface area contributed by atoms with Gasteiger partial charge >= 0.3 is 6.18 Å². The highest BCUT2D eigenvalue weighted by atomic mass is 32.2. The zero-order chi connectivity index (χ0) is 26.8. The van der Waals surface area contributed by atoms with Crippen LogP contribution in [-0.2, 0) is 22.6 Å². The number of rotatable bonds is 8. The fourth-order valence-corrected chi connectivity index (χ4v) is 5.36. The molecule has 37 heavy (non-hydrogen) atoms. The Balaban J connectivity index is 1.50. The number of likely N-dealkylation sites (tertiary alicyclic amines) is 1. The van der Waals surface area contributed by atoms with E-state index < -0.39 is 27.8 Å². The Morgan fingerprint density at radius 1 is 1.11 bits per heavy atom. The van der Waals surface area contributed by atoms with Crippen molar-refractivity contribution in [2.24, 2.45) is 4.40 Å². The Morgan fingerprint density at radius 2 is 1.78 bits per heavy atom. The van der Waals surface area contributed by atoms with Gasteiger partial charge in [0.05, 0.1) is 19.1 Å². The number of nitrogens with zero attached hydrogens (tertiary/aromatic N) is 5. The number of unbranched alkanes of at least 4 members (excludes halogenated alkanes) is 1. The van der Waals surface area contributed by atoms with Crippen LogP contribution in [0.1, 0.15) is 53.8 Å². The molecular weight excluding hydrogens is 511 g/mol. The molecule has 1 aromatic heterocycles. The van der Waals surface area contributed by atoms with Crippen LogP contribution in [0.3, 0.4) is 0 Å². The van der Waals surface area contributed by atoms with E-state index in [0.29, 0.717) is 43.1 Å². The lowest BCUT2D eigenvalue weighted by molar-refractivity contribution is -0.142. The summed E-state index contributed by atoms with van der Waals surface area (Å²) in [7, 11) is -2.05. The molecule has 0 radical (unpaired) electrons. The maximum absolute atomic E-state index is 13.7. The number of ether oxygens (including phenoxy) is 1. The Morgan fingerprint density at radius 3 is 2.38 bits per heavy atom. The van der Waals surface area contributed by atoms with Gasteiger partial charge in [-0.2, -0.15) is 22.7 Å². The van der Waals surface area contributed by atoms with Gasteiger partial charge in [-0.15, -0.1) is 0 Å². The molecule has 13 heteroatoms. The van der Waals surface area contributed by atoms with Gasteiger partial charge in [-0.1, -0.05) is 0 Å². The second-order valence-corrected chi connectivity index (χ2v) is 10.9. The maximum Gasteiger partial charge on any atom is 0.435 e. The summed E-state index contributed by atoms with van der Waals surface area (Å²) in [4.78, 5) is 16.9. The van der Waals surface area contributed by atoms with Crippen molar-refractivity contribution >= 4 is 21.8 Å². The molecule has 202 valence electrons. The first-order valence-electron chi connectivity index (χ1n) is 12.1. The molecule has 0 unspecified atom stereocenters. The van der Waals surface area contributed by atoms with Gasteiger partial charge in [-0.05, 0) is 56.4 Å². The molecule has 0 bridgehead atoms. The second kappa shape index (κ2) is 10.7. The molecule has 3 heterocycles. The van der Waals surface area contributed by atoms with E-state index in [2.05, 4.69) is 9.50 Å². The minimum atomic E-state index is -4.69. The standard InChI is InChI=1S/C24H30F3N5O4S/c1-36-18-10-8-17(9-11-18)32-21-19(22(28-32)24(25,26)27)12-16-31(23(21)33)15-4-3-7-20(29-37(2,34)35)30-13-5-6-14-30/h8-11H,3-7,12-16H2,1-2H3/b29-20-. The third-order valence-corrected chi connectivity index (χ3v) is 7.05. The summed E-state index contributed by atoms with van der Waals surface area (Å²) >= 11 is 0. The van der Waals surface area contributed by atoms with E-state index >= 15 is 0 Å². The van der Waals surface area contributed by atoms with Crippen LogP contribution in [0.5, 0.6) is 5.75 Å². The number of hydrogen-bond acceptors (Lipinski definition) is 5. The van der Waals surface area contributed by atoms with Crippen LogP contribution in [0, 0.1) is 0 Å². The monoisotopic (exact) mass is 541 g/mol. The number of aromatic nitrogens is 2. The molecule has 0 N–H and O–H groups in total. The van der Waals surface area contributed by atoms with Crippen molar-refractivity contribution in [3.05, 3.63) is 41.2 Å². The number of carbonyl (C=O) groups is 1. The van der Waals surface area contributed by atoms with Crippen LogP contribution in [0.4, 0.5) is 13.2 Å². The van der Waals surface area contributed by atoms with Crippen molar-refractivity contribution in [2.75, 3.05) is 39.5 Å². The Labute approximate surface area is 214 Å². The van der Waals surface area contributed by atoms with Crippen molar-refractivity contribution in [1.29, 1.82) is 0 Å². The van der Waals surface area contributed by atoms with E-state index in [9.17, 15) is 26.4 Å². The minimum absolute atomic E-state index is 0.0423. The van der Waals surface area contributed by atoms with E-state index in [1.54, 1.807) is 24.3 Å². The normalized spacial score (nSPS) is 16.9. The van der Waals surface area contributed by atoms with Crippen LogP contribution in [0.2, 0.25) is 0 Å². The maximum atomic E-state index is 13.7. The van der Waals surface area contributed by atoms with E-state index in [0.717, 1.165) is 36.9 Å². The smallest absolute Gasteiger partial charge is 0.435 e. The van der Waals surface area contributed by atoms with Crippen LogP contribution >= 0.6 is 0 Å². The van der Waals surface area contributed by atoms with Crippen molar-refractivity contribution in [2.45, 2.75) is 44.7 Å². The van der Waals surface area contributed by atoms with Crippen molar-refractivity contribution in [1.82, 2.24) is 19.6 Å². The highest BCUT2D eigenvalue weighted by Crippen LogP contribution is 2.36. The molecule has 2 aromatic rings. The lowest BCUT2D eigenvalue weighted by Gasteiger charge is -2.28. The molecule has 2 aliphatic heterocycles.